The predicted molar refractivity (Wildman–Crippen MR) is 83.1 cm³/mol. The van der Waals surface area contributed by atoms with Gasteiger partial charge >= 0.3 is 30.4 Å². The third kappa shape index (κ3) is 36.2. The summed E-state index contributed by atoms with van der Waals surface area (Å²) < 4.78 is 12.8. The molecular formula is C10H17O6S3Sb. The van der Waals surface area contributed by atoms with Gasteiger partial charge < -0.3 is 52.1 Å². The molecule has 116 valence electrons. The molecule has 2 radical (unpaired) electrons. The van der Waals surface area contributed by atoms with E-state index in [-0.39, 0.29) is 53.8 Å². The van der Waals surface area contributed by atoms with E-state index in [4.69, 9.17) is 0 Å². The third-order valence-corrected chi connectivity index (χ3v) is 1.72. The van der Waals surface area contributed by atoms with Gasteiger partial charge in [0.25, 0.3) is 11.9 Å². The van der Waals surface area contributed by atoms with E-state index < -0.39 is 0 Å². The summed E-state index contributed by atoms with van der Waals surface area (Å²) in [5, 5.41) is 0. The van der Waals surface area contributed by atoms with Crippen LogP contribution >= 0.6 is 0 Å². The third-order valence-electron chi connectivity index (χ3n) is 1.08. The van der Waals surface area contributed by atoms with Gasteiger partial charge in [-0.2, -0.15) is 0 Å². The molecule has 0 heterocycles. The number of hydrogen-bond donors (Lipinski definition) is 0. The van der Waals surface area contributed by atoms with Crippen LogP contribution in [-0.2, 0) is 66.5 Å². The van der Waals surface area contributed by atoms with Crippen molar-refractivity contribution in [1.82, 2.24) is 0 Å². The van der Waals surface area contributed by atoms with Crippen molar-refractivity contribution in [3.8, 4) is 0 Å². The molecule has 0 spiro atoms. The van der Waals surface area contributed by atoms with Gasteiger partial charge in [-0.25, -0.2) is 0 Å². The van der Waals surface area contributed by atoms with Crippen molar-refractivity contribution in [3.05, 3.63) is 0 Å². The number of rotatable bonds is 4. The molecular weight excluding hydrogens is 434 g/mol. The summed E-state index contributed by atoms with van der Waals surface area (Å²) in [6.45, 7) is 1.73. The van der Waals surface area contributed by atoms with Crippen LogP contribution in [0.1, 0.15) is 6.92 Å². The fraction of sp³-hybridized carbons (Fsp3) is 0.700. The molecule has 0 fully saturated rings. The summed E-state index contributed by atoms with van der Waals surface area (Å²) in [7, 11) is 2.63. The standard InChI is InChI=1S/C4H8O2S.2C3H6O2S.Sb/c1-4(5)6-2-3-7;2*1-5-3(4)2-6;/h7H,2-3H2,1H3;2*6H,2H2,1H3;/q;;;+3/p-3. The first-order valence-corrected chi connectivity index (χ1v) is 6.64. The normalized spacial score (nSPS) is 7.50. The molecule has 0 saturated carbocycles. The van der Waals surface area contributed by atoms with E-state index in [9.17, 15) is 14.4 Å². The molecule has 0 aromatic carbocycles. The summed E-state index contributed by atoms with van der Waals surface area (Å²) in [6.07, 6.45) is 0. The molecule has 0 atom stereocenters. The van der Waals surface area contributed by atoms with Crippen LogP contribution in [0.2, 0.25) is 0 Å². The molecule has 0 unspecified atom stereocenters. The van der Waals surface area contributed by atoms with E-state index in [1.54, 1.807) is 0 Å². The maximum atomic E-state index is 9.93. The number of methoxy groups -OCH3 is 2. The van der Waals surface area contributed by atoms with Crippen LogP contribution in [0, 0.1) is 0 Å². The van der Waals surface area contributed by atoms with Crippen molar-refractivity contribution in [1.29, 1.82) is 0 Å². The van der Waals surface area contributed by atoms with Gasteiger partial charge in [-0.3, -0.25) is 14.4 Å². The topological polar surface area (TPSA) is 78.9 Å². The van der Waals surface area contributed by atoms with Crippen molar-refractivity contribution in [2.24, 2.45) is 0 Å². The van der Waals surface area contributed by atoms with Gasteiger partial charge in [0, 0.05) is 6.92 Å². The van der Waals surface area contributed by atoms with E-state index in [2.05, 4.69) is 52.1 Å². The SMILES string of the molecule is CC(=O)OCC[S-].COC(=O)C[S-].COC(=O)C[S-].[Sb+3]. The van der Waals surface area contributed by atoms with Crippen LogP contribution in [-0.4, -0.2) is 80.4 Å². The zero-order chi connectivity index (χ0) is 15.7. The average molecular weight is 451 g/mol. The van der Waals surface area contributed by atoms with Gasteiger partial charge in [0.1, 0.15) is 0 Å². The van der Waals surface area contributed by atoms with Crippen molar-refractivity contribution in [2.45, 2.75) is 6.92 Å². The summed E-state index contributed by atoms with van der Waals surface area (Å²) >= 11 is 13.1. The van der Waals surface area contributed by atoms with E-state index in [1.165, 1.54) is 21.1 Å². The van der Waals surface area contributed by atoms with Gasteiger partial charge in [-0.05, 0) is 0 Å². The van der Waals surface area contributed by atoms with Gasteiger partial charge in [0.2, 0.25) is 0 Å². The molecule has 0 bridgehead atoms. The van der Waals surface area contributed by atoms with Gasteiger partial charge in [-0.15, -0.1) is 5.75 Å². The largest absolute Gasteiger partial charge is 3.00 e. The molecule has 0 N–H and O–H groups in total. The molecule has 6 nitrogen and oxygen atoms in total. The van der Waals surface area contributed by atoms with E-state index in [0.717, 1.165) is 0 Å². The number of carbonyl (C=O) groups is 3. The van der Waals surface area contributed by atoms with Crippen LogP contribution in [0.5, 0.6) is 0 Å². The fourth-order valence-electron chi connectivity index (χ4n) is 0.303. The molecule has 10 heteroatoms. The van der Waals surface area contributed by atoms with Crippen molar-refractivity contribution in [3.63, 3.8) is 0 Å². The number of ether oxygens (including phenoxy) is 3. The Labute approximate surface area is 153 Å². The second-order valence-corrected chi connectivity index (χ2v) is 3.47. The van der Waals surface area contributed by atoms with Crippen LogP contribution in [0.4, 0.5) is 0 Å². The second-order valence-electron chi connectivity index (χ2n) is 2.49. The molecule has 0 amide bonds. The zero-order valence-electron chi connectivity index (χ0n) is 11.4. The summed E-state index contributed by atoms with van der Waals surface area (Å²) in [5.41, 5.74) is 0. The molecule has 20 heavy (non-hydrogen) atoms. The number of hydrogen-bond acceptors (Lipinski definition) is 9. The van der Waals surface area contributed by atoms with Crippen molar-refractivity contribution >= 4 is 80.2 Å². The van der Waals surface area contributed by atoms with Crippen LogP contribution in [0.3, 0.4) is 0 Å². The number of carbonyl (C=O) groups excluding carboxylic acids is 3. The summed E-state index contributed by atoms with van der Waals surface area (Å²) in [6, 6.07) is 0. The minimum atomic E-state index is -0.343. The predicted octanol–water partition coefficient (Wildman–Crippen LogP) is -0.872. The smallest absolute Gasteiger partial charge is 0.789 e. The van der Waals surface area contributed by atoms with Gasteiger partial charge in [0.05, 0.1) is 20.8 Å². The zero-order valence-corrected chi connectivity index (χ0v) is 16.5. The molecule has 0 rings (SSSR count). The Balaban J connectivity index is -0.0000000941. The summed E-state index contributed by atoms with van der Waals surface area (Å²) in [4.78, 5) is 29.6. The van der Waals surface area contributed by atoms with Crippen LogP contribution < -0.4 is 0 Å². The Hall–Kier alpha value is 0.278. The monoisotopic (exact) mass is 450 g/mol. The molecule has 0 aliphatic carbocycles. The Bertz CT molecular complexity index is 225. The Morgan fingerprint density at radius 3 is 1.30 bits per heavy atom. The van der Waals surface area contributed by atoms with Crippen LogP contribution in [0.25, 0.3) is 0 Å². The molecule has 0 aliphatic rings. The second kappa shape index (κ2) is 24.3. The molecule has 0 saturated heterocycles. The minimum absolute atomic E-state index is 0. The van der Waals surface area contributed by atoms with E-state index in [1.807, 2.05) is 0 Å². The Morgan fingerprint density at radius 1 is 0.900 bits per heavy atom. The molecule has 0 aromatic rings. The fourth-order valence-corrected chi connectivity index (χ4v) is 0.622. The molecule has 0 aromatic heterocycles. The quantitative estimate of drug-likeness (QED) is 0.235. The Kier molecular flexibility index (Phi) is 34.6. The van der Waals surface area contributed by atoms with Gasteiger partial charge in [-0.1, -0.05) is 11.5 Å². The van der Waals surface area contributed by atoms with Crippen molar-refractivity contribution in [2.75, 3.05) is 38.1 Å². The molecule has 0 aliphatic heterocycles. The van der Waals surface area contributed by atoms with Gasteiger partial charge in [0.15, 0.2) is 0 Å². The minimum Gasteiger partial charge on any atom is -0.789 e. The first kappa shape index (κ1) is 28.4. The van der Waals surface area contributed by atoms with E-state index in [0.29, 0.717) is 12.4 Å². The average Bonchev–Trinajstić information content (AvgIpc) is 2.44. The maximum Gasteiger partial charge on any atom is 3.00 e. The Morgan fingerprint density at radius 2 is 1.25 bits per heavy atom. The number of esters is 3. The maximum absolute atomic E-state index is 9.93. The summed E-state index contributed by atoms with van der Waals surface area (Å²) in [5.74, 6) is -0.355. The van der Waals surface area contributed by atoms with Crippen molar-refractivity contribution < 1.29 is 28.6 Å². The first-order valence-electron chi connectivity index (χ1n) is 4.90. The first-order chi connectivity index (χ1) is 8.89. The van der Waals surface area contributed by atoms with E-state index >= 15 is 0 Å². The van der Waals surface area contributed by atoms with Crippen LogP contribution in [0.15, 0.2) is 0 Å².